The molecule has 0 saturated heterocycles. The van der Waals surface area contributed by atoms with Crippen molar-refractivity contribution >= 4 is 33.4 Å². The third kappa shape index (κ3) is 7.54. The van der Waals surface area contributed by atoms with Crippen molar-refractivity contribution in [1.82, 2.24) is 9.97 Å². The van der Waals surface area contributed by atoms with Crippen LogP contribution in [0.15, 0.2) is 66.7 Å². The Hall–Kier alpha value is -5.40. The van der Waals surface area contributed by atoms with Gasteiger partial charge in [-0.3, -0.25) is 9.59 Å². The van der Waals surface area contributed by atoms with Gasteiger partial charge >= 0.3 is 12.4 Å². The smallest absolute Gasteiger partial charge is 0.437 e. The summed E-state index contributed by atoms with van der Waals surface area (Å²) in [6.45, 7) is 2.15. The van der Waals surface area contributed by atoms with E-state index < -0.39 is 52.4 Å². The topological polar surface area (TPSA) is 108 Å². The summed E-state index contributed by atoms with van der Waals surface area (Å²) in [6.07, 6.45) is -9.62. The van der Waals surface area contributed by atoms with E-state index in [-0.39, 0.29) is 34.0 Å². The molecule has 0 aliphatic carbocycles. The number of ketones is 2. The standard InChI is InChI=1S/C20H16F3NO3.C13H10F3NO3/c1-12(25)17-15-10-14(26-2)8-9-16(15)24-19(20(21,22)23)18(17)27-11-13-6-4-3-5-7-13;1-6(18)10-8-5-7(20-2)3-4-9(8)17-12(11(10)19)13(14,15)16/h3-10H,11H2,1-2H3;3-5,19H,1-2H3. The summed E-state index contributed by atoms with van der Waals surface area (Å²) in [5, 5.41) is 10.1. The van der Waals surface area contributed by atoms with Gasteiger partial charge in [-0.1, -0.05) is 30.3 Å². The van der Waals surface area contributed by atoms with Crippen molar-refractivity contribution in [1.29, 1.82) is 0 Å². The maximum Gasteiger partial charge on any atom is 0.437 e. The SMILES string of the molecule is COc1ccc2nc(C(F)(F)F)c(O)c(C(C)=O)c2c1.COc1ccc2nc(C(F)(F)F)c(OCc3ccccc3)c(C(C)=O)c2c1. The van der Waals surface area contributed by atoms with Crippen LogP contribution in [0.3, 0.4) is 0 Å². The number of aromatic hydroxyl groups is 1. The van der Waals surface area contributed by atoms with Crippen LogP contribution in [0, 0.1) is 0 Å². The number of alkyl halides is 6. The lowest BCUT2D eigenvalue weighted by atomic mass is 10.0. The number of Topliss-reactive ketones (excluding diaryl/α,β-unsaturated/α-hetero) is 2. The van der Waals surface area contributed by atoms with Gasteiger partial charge in [0.05, 0.1) is 36.4 Å². The van der Waals surface area contributed by atoms with E-state index in [1.807, 2.05) is 0 Å². The monoisotopic (exact) mass is 660 g/mol. The molecule has 14 heteroatoms. The van der Waals surface area contributed by atoms with Gasteiger partial charge in [-0.05, 0) is 55.8 Å². The number of carbonyl (C=O) groups is 2. The highest BCUT2D eigenvalue weighted by molar-refractivity contribution is 6.10. The second kappa shape index (κ2) is 13.5. The number of benzene rings is 3. The summed E-state index contributed by atoms with van der Waals surface area (Å²) in [4.78, 5) is 30.9. The first-order valence-electron chi connectivity index (χ1n) is 13.6. The molecule has 0 unspecified atom stereocenters. The summed E-state index contributed by atoms with van der Waals surface area (Å²) >= 11 is 0. The van der Waals surface area contributed by atoms with E-state index in [9.17, 15) is 41.0 Å². The fourth-order valence-electron chi connectivity index (χ4n) is 4.68. The molecule has 246 valence electrons. The Morgan fingerprint density at radius 1 is 0.702 bits per heavy atom. The Labute approximate surface area is 263 Å². The zero-order valence-electron chi connectivity index (χ0n) is 25.2. The first-order chi connectivity index (χ1) is 22.1. The largest absolute Gasteiger partial charge is 0.505 e. The number of halogens is 6. The number of methoxy groups -OCH3 is 2. The number of aromatic nitrogens is 2. The minimum Gasteiger partial charge on any atom is -0.505 e. The molecule has 0 aliphatic rings. The van der Waals surface area contributed by atoms with Crippen LogP contribution in [0.4, 0.5) is 26.3 Å². The van der Waals surface area contributed by atoms with Crippen LogP contribution in [0.5, 0.6) is 23.0 Å². The number of hydrogen-bond donors (Lipinski definition) is 1. The molecule has 8 nitrogen and oxygen atoms in total. The molecule has 1 N–H and O–H groups in total. The van der Waals surface area contributed by atoms with E-state index in [1.165, 1.54) is 57.5 Å². The van der Waals surface area contributed by atoms with Crippen LogP contribution in [0.25, 0.3) is 21.8 Å². The lowest BCUT2D eigenvalue weighted by Gasteiger charge is -2.18. The molecule has 2 heterocycles. The zero-order chi connectivity index (χ0) is 34.7. The third-order valence-electron chi connectivity index (χ3n) is 6.78. The van der Waals surface area contributed by atoms with Crippen LogP contribution in [0.1, 0.15) is 51.5 Å². The van der Waals surface area contributed by atoms with Crippen molar-refractivity contribution < 1.29 is 55.2 Å². The summed E-state index contributed by atoms with van der Waals surface area (Å²) in [5.74, 6) is -2.22. The molecule has 47 heavy (non-hydrogen) atoms. The summed E-state index contributed by atoms with van der Waals surface area (Å²) < 4.78 is 94.8. The molecule has 0 atom stereocenters. The fraction of sp³-hybridized carbons (Fsp3) is 0.212. The molecule has 0 spiro atoms. The molecular formula is C33H26F6N2O6. The molecule has 0 saturated carbocycles. The van der Waals surface area contributed by atoms with Gasteiger partial charge in [0.25, 0.3) is 0 Å². The third-order valence-corrected chi connectivity index (χ3v) is 6.78. The summed E-state index contributed by atoms with van der Waals surface area (Å²) in [6, 6.07) is 17.2. The molecule has 3 aromatic carbocycles. The highest BCUT2D eigenvalue weighted by Gasteiger charge is 2.40. The molecule has 2 aromatic heterocycles. The van der Waals surface area contributed by atoms with Gasteiger partial charge < -0.3 is 19.3 Å². The highest BCUT2D eigenvalue weighted by Crippen LogP contribution is 2.42. The van der Waals surface area contributed by atoms with Crippen molar-refractivity contribution in [3.63, 3.8) is 0 Å². The van der Waals surface area contributed by atoms with Gasteiger partial charge in [0.2, 0.25) is 0 Å². The molecule has 0 radical (unpaired) electrons. The Bertz CT molecular complexity index is 1960. The molecule has 0 amide bonds. The fourth-order valence-corrected chi connectivity index (χ4v) is 4.68. The van der Waals surface area contributed by atoms with Crippen LogP contribution in [0.2, 0.25) is 0 Å². The van der Waals surface area contributed by atoms with Crippen molar-refractivity contribution in [3.8, 4) is 23.0 Å². The van der Waals surface area contributed by atoms with Gasteiger partial charge in [0.15, 0.2) is 34.5 Å². The Morgan fingerprint density at radius 3 is 1.62 bits per heavy atom. The molecule has 5 aromatic rings. The second-order valence-corrected chi connectivity index (χ2v) is 10.00. The van der Waals surface area contributed by atoms with E-state index in [2.05, 4.69) is 9.97 Å². The molecule has 5 rings (SSSR count). The van der Waals surface area contributed by atoms with Gasteiger partial charge in [-0.25, -0.2) is 9.97 Å². The number of fused-ring (bicyclic) bond motifs is 2. The lowest BCUT2D eigenvalue weighted by Crippen LogP contribution is -2.15. The minimum atomic E-state index is -4.84. The van der Waals surface area contributed by atoms with Crippen molar-refractivity contribution in [2.24, 2.45) is 0 Å². The second-order valence-electron chi connectivity index (χ2n) is 10.00. The Kier molecular flexibility index (Phi) is 9.92. The predicted octanol–water partition coefficient (Wildman–Crippen LogP) is 8.21. The van der Waals surface area contributed by atoms with Gasteiger partial charge in [-0.15, -0.1) is 0 Å². The highest BCUT2D eigenvalue weighted by atomic mass is 19.4. The van der Waals surface area contributed by atoms with E-state index in [4.69, 9.17) is 14.2 Å². The normalized spacial score (nSPS) is 11.5. The van der Waals surface area contributed by atoms with Gasteiger partial charge in [-0.2, -0.15) is 26.3 Å². The number of hydrogen-bond acceptors (Lipinski definition) is 8. The first-order valence-corrected chi connectivity index (χ1v) is 13.6. The lowest BCUT2D eigenvalue weighted by molar-refractivity contribution is -0.143. The number of ether oxygens (including phenoxy) is 3. The summed E-state index contributed by atoms with van der Waals surface area (Å²) in [7, 11) is 2.81. The van der Waals surface area contributed by atoms with Crippen LogP contribution in [-0.4, -0.2) is 40.9 Å². The van der Waals surface area contributed by atoms with Crippen LogP contribution >= 0.6 is 0 Å². The van der Waals surface area contributed by atoms with Gasteiger partial charge in [0, 0.05) is 10.8 Å². The Morgan fingerprint density at radius 2 is 1.17 bits per heavy atom. The molecule has 0 aliphatic heterocycles. The average Bonchev–Trinajstić information content (AvgIpc) is 3.01. The number of carbonyl (C=O) groups excluding carboxylic acids is 2. The minimum absolute atomic E-state index is 0.0406. The van der Waals surface area contributed by atoms with E-state index in [0.29, 0.717) is 17.1 Å². The summed E-state index contributed by atoms with van der Waals surface area (Å²) in [5.41, 5.74) is -2.60. The molecular weight excluding hydrogens is 634 g/mol. The molecule has 0 fully saturated rings. The van der Waals surface area contributed by atoms with Crippen molar-refractivity contribution in [2.75, 3.05) is 14.2 Å². The average molecular weight is 661 g/mol. The number of nitrogens with zero attached hydrogens (tertiary/aromatic N) is 2. The maximum atomic E-state index is 13.6. The van der Waals surface area contributed by atoms with Crippen molar-refractivity contribution in [3.05, 3.63) is 94.8 Å². The van der Waals surface area contributed by atoms with E-state index in [0.717, 1.165) is 6.92 Å². The Balaban J connectivity index is 0.000000223. The van der Waals surface area contributed by atoms with E-state index in [1.54, 1.807) is 30.3 Å². The van der Waals surface area contributed by atoms with Gasteiger partial charge in [0.1, 0.15) is 18.1 Å². The van der Waals surface area contributed by atoms with Crippen molar-refractivity contribution in [2.45, 2.75) is 32.8 Å². The van der Waals surface area contributed by atoms with Crippen LogP contribution < -0.4 is 14.2 Å². The number of rotatable bonds is 7. The quantitative estimate of drug-likeness (QED) is 0.138. The predicted molar refractivity (Wildman–Crippen MR) is 159 cm³/mol. The molecule has 0 bridgehead atoms. The zero-order valence-corrected chi connectivity index (χ0v) is 25.2. The first kappa shape index (κ1) is 34.5. The van der Waals surface area contributed by atoms with E-state index >= 15 is 0 Å². The maximum absolute atomic E-state index is 13.6. The van der Waals surface area contributed by atoms with Crippen LogP contribution in [-0.2, 0) is 19.0 Å². The number of pyridine rings is 2.